The standard InChI is InChI=1S/C17H16F4N2O3S/c1-27(25,26)23(10-12-5-2-3-8-15(12)18)11-16(24)22-14-7-4-6-13(9-14)17(19,20)21/h2-9H,10-11H2,1H3,(H,22,24). The summed E-state index contributed by atoms with van der Waals surface area (Å²) < 4.78 is 76.4. The molecule has 0 saturated carbocycles. The lowest BCUT2D eigenvalue weighted by Crippen LogP contribution is -2.37. The van der Waals surface area contributed by atoms with Crippen LogP contribution in [0.3, 0.4) is 0 Å². The maximum atomic E-state index is 13.8. The number of amides is 1. The van der Waals surface area contributed by atoms with E-state index in [-0.39, 0.29) is 17.8 Å². The van der Waals surface area contributed by atoms with E-state index in [1.807, 2.05) is 0 Å². The van der Waals surface area contributed by atoms with Crippen LogP contribution in [0.4, 0.5) is 23.2 Å². The average molecular weight is 404 g/mol. The van der Waals surface area contributed by atoms with Crippen LogP contribution in [0.25, 0.3) is 0 Å². The van der Waals surface area contributed by atoms with Crippen LogP contribution in [-0.2, 0) is 27.5 Å². The van der Waals surface area contributed by atoms with Gasteiger partial charge in [-0.2, -0.15) is 17.5 Å². The van der Waals surface area contributed by atoms with Crippen molar-refractivity contribution in [2.45, 2.75) is 12.7 Å². The Labute approximate surface area is 153 Å². The lowest BCUT2D eigenvalue weighted by Gasteiger charge is -2.20. The number of hydrogen-bond acceptors (Lipinski definition) is 3. The molecular weight excluding hydrogens is 388 g/mol. The third-order valence-corrected chi connectivity index (χ3v) is 4.76. The van der Waals surface area contributed by atoms with Gasteiger partial charge in [-0.05, 0) is 24.3 Å². The summed E-state index contributed by atoms with van der Waals surface area (Å²) in [5.74, 6) is -1.49. The zero-order valence-corrected chi connectivity index (χ0v) is 14.9. The predicted octanol–water partition coefficient (Wildman–Crippen LogP) is 3.24. The molecule has 0 aliphatic rings. The van der Waals surface area contributed by atoms with Gasteiger partial charge in [0, 0.05) is 17.8 Å². The van der Waals surface area contributed by atoms with Crippen LogP contribution in [0.2, 0.25) is 0 Å². The molecule has 0 aliphatic carbocycles. The second kappa shape index (κ2) is 8.05. The second-order valence-corrected chi connectivity index (χ2v) is 7.73. The number of benzene rings is 2. The van der Waals surface area contributed by atoms with Gasteiger partial charge >= 0.3 is 6.18 Å². The highest BCUT2D eigenvalue weighted by Crippen LogP contribution is 2.30. The molecule has 0 saturated heterocycles. The number of sulfonamides is 1. The van der Waals surface area contributed by atoms with Gasteiger partial charge in [0.05, 0.1) is 18.4 Å². The Balaban J connectivity index is 2.14. The van der Waals surface area contributed by atoms with Crippen LogP contribution in [0, 0.1) is 5.82 Å². The van der Waals surface area contributed by atoms with Crippen molar-refractivity contribution >= 4 is 21.6 Å². The van der Waals surface area contributed by atoms with Crippen molar-refractivity contribution in [1.82, 2.24) is 4.31 Å². The molecule has 2 aromatic rings. The van der Waals surface area contributed by atoms with Crippen LogP contribution >= 0.6 is 0 Å². The first-order valence-electron chi connectivity index (χ1n) is 7.62. The molecule has 27 heavy (non-hydrogen) atoms. The summed E-state index contributed by atoms with van der Waals surface area (Å²) in [6.45, 7) is -1.06. The van der Waals surface area contributed by atoms with E-state index in [1.165, 1.54) is 24.3 Å². The van der Waals surface area contributed by atoms with E-state index in [0.29, 0.717) is 0 Å². The van der Waals surface area contributed by atoms with E-state index in [0.717, 1.165) is 34.8 Å². The Kier molecular flexibility index (Phi) is 6.22. The van der Waals surface area contributed by atoms with E-state index in [9.17, 15) is 30.8 Å². The van der Waals surface area contributed by atoms with Gasteiger partial charge in [-0.1, -0.05) is 24.3 Å². The van der Waals surface area contributed by atoms with Crippen molar-refractivity contribution in [2.24, 2.45) is 0 Å². The number of halogens is 4. The minimum atomic E-state index is -4.58. The number of anilines is 1. The van der Waals surface area contributed by atoms with Gasteiger partial charge < -0.3 is 5.32 Å². The molecular formula is C17H16F4N2O3S. The minimum absolute atomic E-state index is 0.0646. The number of carbonyl (C=O) groups excluding carboxylic acids is 1. The normalized spacial score (nSPS) is 12.2. The summed E-state index contributed by atoms with van der Waals surface area (Å²) in [6.07, 6.45) is -3.73. The van der Waals surface area contributed by atoms with Crippen molar-refractivity contribution < 1.29 is 30.8 Å². The molecule has 0 unspecified atom stereocenters. The fourth-order valence-electron chi connectivity index (χ4n) is 2.24. The smallest absolute Gasteiger partial charge is 0.325 e. The SMILES string of the molecule is CS(=O)(=O)N(CC(=O)Nc1cccc(C(F)(F)F)c1)Cc1ccccc1F. The molecule has 146 valence electrons. The Hall–Kier alpha value is -2.46. The minimum Gasteiger partial charge on any atom is -0.325 e. The summed E-state index contributed by atoms with van der Waals surface area (Å²) in [7, 11) is -3.87. The molecule has 2 rings (SSSR count). The van der Waals surface area contributed by atoms with Gasteiger partial charge in [-0.3, -0.25) is 4.79 Å². The summed E-state index contributed by atoms with van der Waals surface area (Å²) in [5, 5.41) is 2.22. The molecule has 0 radical (unpaired) electrons. The van der Waals surface area contributed by atoms with Crippen molar-refractivity contribution in [3.05, 3.63) is 65.5 Å². The molecule has 5 nitrogen and oxygen atoms in total. The van der Waals surface area contributed by atoms with Crippen molar-refractivity contribution in [3.63, 3.8) is 0 Å². The summed E-state index contributed by atoms with van der Waals surface area (Å²) in [4.78, 5) is 12.1. The van der Waals surface area contributed by atoms with Crippen molar-refractivity contribution in [2.75, 3.05) is 18.1 Å². The van der Waals surface area contributed by atoms with Crippen LogP contribution < -0.4 is 5.32 Å². The van der Waals surface area contributed by atoms with E-state index in [1.54, 1.807) is 0 Å². The summed E-state index contributed by atoms with van der Waals surface area (Å²) >= 11 is 0. The fraction of sp³-hybridized carbons (Fsp3) is 0.235. The second-order valence-electron chi connectivity index (χ2n) is 5.75. The molecule has 0 bridgehead atoms. The molecule has 1 amide bonds. The van der Waals surface area contributed by atoms with Crippen molar-refractivity contribution in [1.29, 1.82) is 0 Å². The Morgan fingerprint density at radius 2 is 1.78 bits per heavy atom. The first-order valence-corrected chi connectivity index (χ1v) is 9.47. The fourth-order valence-corrected chi connectivity index (χ4v) is 2.97. The molecule has 0 heterocycles. The highest BCUT2D eigenvalue weighted by atomic mass is 32.2. The lowest BCUT2D eigenvalue weighted by atomic mass is 10.2. The molecule has 0 atom stereocenters. The van der Waals surface area contributed by atoms with Crippen molar-refractivity contribution in [3.8, 4) is 0 Å². The van der Waals surface area contributed by atoms with E-state index in [4.69, 9.17) is 0 Å². The van der Waals surface area contributed by atoms with Gasteiger partial charge in [0.1, 0.15) is 5.82 Å². The maximum Gasteiger partial charge on any atom is 0.416 e. The van der Waals surface area contributed by atoms with E-state index >= 15 is 0 Å². The number of alkyl halides is 3. The van der Waals surface area contributed by atoms with Crippen LogP contribution in [0.1, 0.15) is 11.1 Å². The third kappa shape index (κ3) is 6.04. The van der Waals surface area contributed by atoms with E-state index < -0.39 is 40.0 Å². The Morgan fingerprint density at radius 3 is 2.37 bits per heavy atom. The predicted molar refractivity (Wildman–Crippen MR) is 91.7 cm³/mol. The van der Waals surface area contributed by atoms with Gasteiger partial charge in [0.25, 0.3) is 0 Å². The number of nitrogens with one attached hydrogen (secondary N) is 1. The first kappa shape index (κ1) is 20.8. The molecule has 0 aromatic heterocycles. The molecule has 0 aliphatic heterocycles. The largest absolute Gasteiger partial charge is 0.416 e. The monoisotopic (exact) mass is 404 g/mol. The number of nitrogens with zero attached hydrogens (tertiary/aromatic N) is 1. The highest BCUT2D eigenvalue weighted by molar-refractivity contribution is 7.88. The topological polar surface area (TPSA) is 66.5 Å². The Bertz CT molecular complexity index is 930. The zero-order chi connectivity index (χ0) is 20.2. The molecule has 1 N–H and O–H groups in total. The van der Waals surface area contributed by atoms with Gasteiger partial charge in [0.15, 0.2) is 0 Å². The average Bonchev–Trinajstić information content (AvgIpc) is 2.54. The summed E-state index contributed by atoms with van der Waals surface area (Å²) in [6, 6.07) is 9.42. The maximum absolute atomic E-state index is 13.8. The summed E-state index contributed by atoms with van der Waals surface area (Å²) in [5.41, 5.74) is -1.02. The first-order chi connectivity index (χ1) is 12.5. The van der Waals surface area contributed by atoms with Crippen LogP contribution in [-0.4, -0.2) is 31.4 Å². The van der Waals surface area contributed by atoms with Gasteiger partial charge in [-0.15, -0.1) is 0 Å². The number of hydrogen-bond donors (Lipinski definition) is 1. The van der Waals surface area contributed by atoms with Crippen LogP contribution in [0.15, 0.2) is 48.5 Å². The van der Waals surface area contributed by atoms with E-state index in [2.05, 4.69) is 5.32 Å². The molecule has 10 heteroatoms. The highest BCUT2D eigenvalue weighted by Gasteiger charge is 2.30. The third-order valence-electron chi connectivity index (χ3n) is 3.57. The number of rotatable bonds is 6. The number of carbonyl (C=O) groups is 1. The van der Waals surface area contributed by atoms with Crippen LogP contribution in [0.5, 0.6) is 0 Å². The molecule has 2 aromatic carbocycles. The zero-order valence-electron chi connectivity index (χ0n) is 14.1. The lowest BCUT2D eigenvalue weighted by molar-refractivity contribution is -0.137. The quantitative estimate of drug-likeness (QED) is 0.752. The Morgan fingerprint density at radius 1 is 1.11 bits per heavy atom. The van der Waals surface area contributed by atoms with Gasteiger partial charge in [-0.25, -0.2) is 12.8 Å². The molecule has 0 spiro atoms. The van der Waals surface area contributed by atoms with Gasteiger partial charge in [0.2, 0.25) is 15.9 Å². The molecule has 0 fully saturated rings.